The second-order valence-electron chi connectivity index (χ2n) is 8.29. The first-order valence-corrected chi connectivity index (χ1v) is 13.5. The van der Waals surface area contributed by atoms with E-state index in [1.165, 1.54) is 0 Å². The first-order valence-electron chi connectivity index (χ1n) is 10.6. The smallest absolute Gasteiger partial charge is 0.233 e. The van der Waals surface area contributed by atoms with Crippen molar-refractivity contribution in [1.29, 1.82) is 0 Å². The lowest BCUT2D eigenvalue weighted by Gasteiger charge is -2.28. The second kappa shape index (κ2) is 17.9. The highest BCUT2D eigenvalue weighted by Crippen LogP contribution is 2.18. The van der Waals surface area contributed by atoms with E-state index in [0.717, 1.165) is 39.3 Å². The molecule has 0 radical (unpaired) electrons. The van der Waals surface area contributed by atoms with E-state index in [4.69, 9.17) is 14.2 Å². The van der Waals surface area contributed by atoms with E-state index in [-0.39, 0.29) is 17.4 Å². The lowest BCUT2D eigenvalue weighted by molar-refractivity contribution is -0.128. The van der Waals surface area contributed by atoms with Gasteiger partial charge in [-0.1, -0.05) is 13.8 Å². The first-order chi connectivity index (χ1) is 14.0. The van der Waals surface area contributed by atoms with Crippen LogP contribution in [0.5, 0.6) is 0 Å². The molecule has 0 N–H and O–H groups in total. The Bertz CT molecular complexity index is 457. The highest BCUT2D eigenvalue weighted by Gasteiger charge is 2.22. The summed E-state index contributed by atoms with van der Waals surface area (Å²) in [5.74, 6) is 0.181. The molecule has 180 valence electrons. The molecule has 0 aliphatic heterocycles. The molecule has 0 saturated heterocycles. The van der Waals surface area contributed by atoms with Crippen molar-refractivity contribution >= 4 is 74.5 Å². The zero-order valence-electron chi connectivity index (χ0n) is 19.3. The summed E-state index contributed by atoms with van der Waals surface area (Å²) in [5.41, 5.74) is -0.278. The molecule has 0 aliphatic rings. The van der Waals surface area contributed by atoms with Crippen LogP contribution in [0.15, 0.2) is 0 Å². The fourth-order valence-corrected chi connectivity index (χ4v) is 3.65. The molecule has 0 bridgehead atoms. The molecule has 0 heterocycles. The van der Waals surface area contributed by atoms with Crippen molar-refractivity contribution in [3.05, 3.63) is 0 Å². The lowest BCUT2D eigenvalue weighted by Crippen LogP contribution is -2.34. The molecule has 0 atom stereocenters. The normalized spacial score (nSPS) is 12.6. The maximum absolute atomic E-state index is 11.9. The van der Waals surface area contributed by atoms with E-state index in [9.17, 15) is 4.79 Å². The van der Waals surface area contributed by atoms with E-state index in [1.807, 2.05) is 13.8 Å². The molecular weight excluding hydrogens is 727 g/mol. The summed E-state index contributed by atoms with van der Waals surface area (Å²) < 4.78 is 23.5. The Balaban J connectivity index is 3.69. The van der Waals surface area contributed by atoms with E-state index < -0.39 is 0 Å². The van der Waals surface area contributed by atoms with Gasteiger partial charge in [0.1, 0.15) is 0 Å². The SMILES string of the molecule is CC(C)C(=O)N(I)CCC(C)(C)OCCOCCN(I)CCOCCN(I)C(C)C. The van der Waals surface area contributed by atoms with Crippen LogP contribution in [0.3, 0.4) is 0 Å². The summed E-state index contributed by atoms with van der Waals surface area (Å²) >= 11 is 6.75. The van der Waals surface area contributed by atoms with Gasteiger partial charge in [-0.25, -0.2) is 6.23 Å². The molecule has 1 amide bonds. The van der Waals surface area contributed by atoms with Crippen LogP contribution in [0.25, 0.3) is 0 Å². The molecule has 7 nitrogen and oxygen atoms in total. The van der Waals surface area contributed by atoms with Gasteiger partial charge in [-0.15, -0.1) is 0 Å². The van der Waals surface area contributed by atoms with Crippen LogP contribution in [0.2, 0.25) is 0 Å². The highest BCUT2D eigenvalue weighted by atomic mass is 127. The van der Waals surface area contributed by atoms with Crippen molar-refractivity contribution in [2.24, 2.45) is 5.92 Å². The molecule has 0 unspecified atom stereocenters. The summed E-state index contributed by atoms with van der Waals surface area (Å²) in [5, 5.41) is 0. The minimum atomic E-state index is -0.278. The Kier molecular flexibility index (Phi) is 18.7. The van der Waals surface area contributed by atoms with Gasteiger partial charge in [-0.3, -0.25) is 7.91 Å². The second-order valence-corrected chi connectivity index (χ2v) is 12.1. The Hall–Kier alpha value is 1.46. The number of hydrogen-bond acceptors (Lipinski definition) is 6. The predicted molar refractivity (Wildman–Crippen MR) is 148 cm³/mol. The Morgan fingerprint density at radius 2 is 1.37 bits per heavy atom. The average molecular weight is 767 g/mol. The third kappa shape index (κ3) is 17.0. The van der Waals surface area contributed by atoms with E-state index in [0.29, 0.717) is 32.4 Å². The molecule has 30 heavy (non-hydrogen) atoms. The molecule has 0 aromatic rings. The maximum Gasteiger partial charge on any atom is 0.233 e. The molecule has 0 spiro atoms. The van der Waals surface area contributed by atoms with Gasteiger partial charge >= 0.3 is 0 Å². The van der Waals surface area contributed by atoms with E-state index >= 15 is 0 Å². The van der Waals surface area contributed by atoms with Crippen molar-refractivity contribution in [3.63, 3.8) is 0 Å². The van der Waals surface area contributed by atoms with E-state index in [2.05, 4.69) is 103 Å². The Morgan fingerprint density at radius 1 is 0.833 bits per heavy atom. The zero-order chi connectivity index (χ0) is 23.2. The number of carbonyl (C=O) groups excluding carboxylic acids is 1. The average Bonchev–Trinajstić information content (AvgIpc) is 2.67. The minimum absolute atomic E-state index is 0.0228. The number of ether oxygens (including phenoxy) is 3. The molecule has 0 fully saturated rings. The fourth-order valence-electron chi connectivity index (χ4n) is 2.26. The number of hydrogen-bond donors (Lipinski definition) is 0. The summed E-state index contributed by atoms with van der Waals surface area (Å²) in [7, 11) is 0. The number of amides is 1. The maximum atomic E-state index is 11.9. The van der Waals surface area contributed by atoms with Crippen molar-refractivity contribution in [1.82, 2.24) is 9.34 Å². The van der Waals surface area contributed by atoms with Gasteiger partial charge in [-0.2, -0.15) is 0 Å². The standard InChI is InChI=1S/C20H40I3N3O4/c1-17(2)19(27)26(23)8-7-20(5,6)30-16-15-29-13-10-24(21)9-12-28-14-11-25(22)18(3)4/h17-18H,7-16H2,1-6H3. The lowest BCUT2D eigenvalue weighted by atomic mass is 10.1. The first kappa shape index (κ1) is 31.5. The van der Waals surface area contributed by atoms with Gasteiger partial charge in [0.15, 0.2) is 0 Å². The van der Waals surface area contributed by atoms with E-state index in [1.54, 1.807) is 3.11 Å². The Morgan fingerprint density at radius 3 is 1.90 bits per heavy atom. The minimum Gasteiger partial charge on any atom is -0.379 e. The van der Waals surface area contributed by atoms with Gasteiger partial charge < -0.3 is 14.2 Å². The van der Waals surface area contributed by atoms with Crippen molar-refractivity contribution in [3.8, 4) is 0 Å². The third-order valence-electron chi connectivity index (χ3n) is 4.33. The summed E-state index contributed by atoms with van der Waals surface area (Å²) in [6, 6.07) is 0.539. The predicted octanol–water partition coefficient (Wildman–Crippen LogP) is 4.75. The topological polar surface area (TPSA) is 54.5 Å². The molecule has 10 heteroatoms. The fraction of sp³-hybridized carbons (Fsp3) is 0.950. The monoisotopic (exact) mass is 767 g/mol. The van der Waals surface area contributed by atoms with Crippen LogP contribution in [-0.2, 0) is 19.0 Å². The molecular formula is C20H40I3N3O4. The molecule has 0 aromatic heterocycles. The van der Waals surface area contributed by atoms with Crippen LogP contribution in [0.1, 0.15) is 48.0 Å². The van der Waals surface area contributed by atoms with Gasteiger partial charge in [0.05, 0.1) is 61.5 Å². The zero-order valence-corrected chi connectivity index (χ0v) is 25.8. The number of rotatable bonds is 18. The molecule has 0 saturated carbocycles. The largest absolute Gasteiger partial charge is 0.379 e. The van der Waals surface area contributed by atoms with Crippen LogP contribution >= 0.6 is 68.6 Å². The van der Waals surface area contributed by atoms with Crippen LogP contribution in [0.4, 0.5) is 0 Å². The summed E-state index contributed by atoms with van der Waals surface area (Å²) in [6.07, 6.45) is 0.794. The van der Waals surface area contributed by atoms with Crippen LogP contribution in [-0.4, -0.2) is 86.1 Å². The molecule has 0 aromatic carbocycles. The number of nitrogens with zero attached hydrogens (tertiary/aromatic N) is 3. The number of halogens is 3. The van der Waals surface area contributed by atoms with Gasteiger partial charge in [0.25, 0.3) is 0 Å². The van der Waals surface area contributed by atoms with Crippen molar-refractivity contribution in [2.75, 3.05) is 59.2 Å². The quantitative estimate of drug-likeness (QED) is 0.114. The Labute approximate surface area is 225 Å². The van der Waals surface area contributed by atoms with Crippen molar-refractivity contribution in [2.45, 2.75) is 59.6 Å². The molecule has 0 rings (SSSR count). The highest BCUT2D eigenvalue weighted by molar-refractivity contribution is 14.1. The summed E-state index contributed by atoms with van der Waals surface area (Å²) in [6.45, 7) is 19.0. The van der Waals surface area contributed by atoms with Gasteiger partial charge in [0, 0.05) is 83.9 Å². The third-order valence-corrected chi connectivity index (χ3v) is 7.85. The summed E-state index contributed by atoms with van der Waals surface area (Å²) in [4.78, 5) is 11.9. The number of carbonyl (C=O) groups is 1. The van der Waals surface area contributed by atoms with Crippen LogP contribution < -0.4 is 0 Å². The van der Waals surface area contributed by atoms with Gasteiger partial charge in [0.2, 0.25) is 5.91 Å². The molecule has 0 aliphatic carbocycles. The van der Waals surface area contributed by atoms with Crippen molar-refractivity contribution < 1.29 is 19.0 Å². The van der Waals surface area contributed by atoms with Crippen LogP contribution in [0, 0.1) is 5.92 Å². The van der Waals surface area contributed by atoms with Gasteiger partial charge in [-0.05, 0) is 34.1 Å².